The maximum absolute atomic E-state index is 12.5. The van der Waals surface area contributed by atoms with Gasteiger partial charge in [-0.15, -0.1) is 0 Å². The summed E-state index contributed by atoms with van der Waals surface area (Å²) in [4.78, 5) is 29.7. The normalized spacial score (nSPS) is 19.5. The van der Waals surface area contributed by atoms with Crippen LogP contribution in [-0.2, 0) is 16.0 Å². The van der Waals surface area contributed by atoms with E-state index in [0.717, 1.165) is 22.9 Å². The second kappa shape index (κ2) is 6.19. The minimum Gasteiger partial charge on any atom is -0.438 e. The largest absolute Gasteiger partial charge is 0.438 e. The lowest BCUT2D eigenvalue weighted by Gasteiger charge is -2.31. The quantitative estimate of drug-likeness (QED) is 0.847. The number of aromatic nitrogens is 1. The number of urea groups is 1. The van der Waals surface area contributed by atoms with Gasteiger partial charge in [-0.05, 0) is 31.9 Å². The number of rotatable bonds is 4. The highest BCUT2D eigenvalue weighted by Crippen LogP contribution is 2.31. The monoisotopic (exact) mass is 329 g/mol. The number of carbonyl (C=O) groups is 2. The number of hydrogen-bond acceptors (Lipinski definition) is 3. The van der Waals surface area contributed by atoms with Crippen LogP contribution in [0.1, 0.15) is 32.8 Å². The Hall–Kier alpha value is -2.50. The molecule has 1 atom stereocenters. The third kappa shape index (κ3) is 2.84. The fourth-order valence-electron chi connectivity index (χ4n) is 3.23. The number of cyclic esters (lactones) is 1. The predicted octanol–water partition coefficient (Wildman–Crippen LogP) is 2.79. The number of esters is 1. The van der Waals surface area contributed by atoms with Gasteiger partial charge in [0.2, 0.25) is 0 Å². The molecule has 1 aliphatic heterocycles. The van der Waals surface area contributed by atoms with E-state index in [2.05, 4.69) is 10.3 Å². The van der Waals surface area contributed by atoms with E-state index in [0.29, 0.717) is 13.0 Å². The number of nitrogens with one attached hydrogen (secondary N) is 2. The summed E-state index contributed by atoms with van der Waals surface area (Å²) in [7, 11) is 0. The van der Waals surface area contributed by atoms with Crippen molar-refractivity contribution in [3.05, 3.63) is 36.0 Å². The zero-order valence-corrected chi connectivity index (χ0v) is 14.3. The number of fused-ring (bicyclic) bond motifs is 1. The van der Waals surface area contributed by atoms with Gasteiger partial charge in [0.1, 0.15) is 6.04 Å². The Balaban J connectivity index is 1.89. The van der Waals surface area contributed by atoms with Gasteiger partial charge < -0.3 is 15.0 Å². The third-order valence-corrected chi connectivity index (χ3v) is 4.35. The summed E-state index contributed by atoms with van der Waals surface area (Å²) in [6, 6.07) is 7.02. The average molecular weight is 329 g/mol. The van der Waals surface area contributed by atoms with Gasteiger partial charge in [0.25, 0.3) is 0 Å². The molecule has 2 N–H and O–H groups in total. The topological polar surface area (TPSA) is 74.4 Å². The summed E-state index contributed by atoms with van der Waals surface area (Å²) in [6.45, 7) is 6.04. The molecule has 1 aromatic heterocycles. The molecule has 2 amide bonds. The Morgan fingerprint density at radius 2 is 2.12 bits per heavy atom. The molecule has 1 aromatic carbocycles. The van der Waals surface area contributed by atoms with Crippen molar-refractivity contribution in [1.82, 2.24) is 15.2 Å². The summed E-state index contributed by atoms with van der Waals surface area (Å²) < 4.78 is 5.45. The molecular weight excluding hydrogens is 306 g/mol. The van der Waals surface area contributed by atoms with Crippen LogP contribution >= 0.6 is 0 Å². The lowest BCUT2D eigenvalue weighted by Crippen LogP contribution is -2.53. The van der Waals surface area contributed by atoms with Crippen LogP contribution < -0.4 is 5.32 Å². The summed E-state index contributed by atoms with van der Waals surface area (Å²) in [5.74, 6) is -0.364. The maximum atomic E-state index is 12.5. The molecule has 0 aliphatic carbocycles. The molecule has 3 rings (SSSR count). The first-order chi connectivity index (χ1) is 11.4. The van der Waals surface area contributed by atoms with Crippen molar-refractivity contribution in [2.75, 3.05) is 6.54 Å². The first kappa shape index (κ1) is 16.4. The Morgan fingerprint density at radius 3 is 2.88 bits per heavy atom. The van der Waals surface area contributed by atoms with E-state index in [-0.39, 0.29) is 12.0 Å². The summed E-state index contributed by atoms with van der Waals surface area (Å²) in [5, 5.41) is 3.90. The lowest BCUT2D eigenvalue weighted by molar-refractivity contribution is -0.148. The number of benzene rings is 1. The van der Waals surface area contributed by atoms with E-state index in [4.69, 9.17) is 4.74 Å². The van der Waals surface area contributed by atoms with E-state index < -0.39 is 11.8 Å². The Kier molecular flexibility index (Phi) is 4.22. The molecule has 2 heterocycles. The van der Waals surface area contributed by atoms with Crippen molar-refractivity contribution in [2.24, 2.45) is 0 Å². The van der Waals surface area contributed by atoms with E-state index >= 15 is 0 Å². The molecule has 1 fully saturated rings. The van der Waals surface area contributed by atoms with Crippen molar-refractivity contribution in [3.63, 3.8) is 0 Å². The summed E-state index contributed by atoms with van der Waals surface area (Å²) in [6.07, 6.45) is 3.15. The SMILES string of the molecule is CCCNC(=O)N1[C@H](Cc2c[nH]c3ccccc23)C(=O)OC1(C)C. The van der Waals surface area contributed by atoms with E-state index in [1.54, 1.807) is 13.8 Å². The van der Waals surface area contributed by atoms with Crippen molar-refractivity contribution >= 4 is 22.9 Å². The van der Waals surface area contributed by atoms with Gasteiger partial charge in [0.15, 0.2) is 5.72 Å². The number of hydrogen-bond donors (Lipinski definition) is 2. The Morgan fingerprint density at radius 1 is 1.38 bits per heavy atom. The van der Waals surface area contributed by atoms with Crippen LogP contribution in [0.15, 0.2) is 30.5 Å². The van der Waals surface area contributed by atoms with Gasteiger partial charge >= 0.3 is 12.0 Å². The molecule has 0 saturated carbocycles. The Bertz CT molecular complexity index is 766. The Labute approximate surface area is 141 Å². The van der Waals surface area contributed by atoms with E-state index in [1.807, 2.05) is 37.4 Å². The summed E-state index contributed by atoms with van der Waals surface area (Å²) in [5.41, 5.74) is 1.06. The fraction of sp³-hybridized carbons (Fsp3) is 0.444. The van der Waals surface area contributed by atoms with Gasteiger partial charge in [-0.25, -0.2) is 9.59 Å². The summed E-state index contributed by atoms with van der Waals surface area (Å²) >= 11 is 0. The molecule has 24 heavy (non-hydrogen) atoms. The van der Waals surface area contributed by atoms with Crippen LogP contribution in [0.3, 0.4) is 0 Å². The van der Waals surface area contributed by atoms with Gasteiger partial charge in [-0.1, -0.05) is 25.1 Å². The number of aromatic amines is 1. The van der Waals surface area contributed by atoms with Crippen molar-refractivity contribution < 1.29 is 14.3 Å². The number of amides is 2. The van der Waals surface area contributed by atoms with Crippen LogP contribution in [0, 0.1) is 0 Å². The number of ether oxygens (including phenoxy) is 1. The number of carbonyl (C=O) groups excluding carboxylic acids is 2. The van der Waals surface area contributed by atoms with Crippen LogP contribution in [0.2, 0.25) is 0 Å². The maximum Gasteiger partial charge on any atom is 0.331 e. The minimum atomic E-state index is -0.953. The van der Waals surface area contributed by atoms with Crippen molar-refractivity contribution in [1.29, 1.82) is 0 Å². The molecule has 128 valence electrons. The van der Waals surface area contributed by atoms with Crippen LogP contribution in [0.5, 0.6) is 0 Å². The number of H-pyrrole nitrogens is 1. The van der Waals surface area contributed by atoms with Crippen molar-refractivity contribution in [3.8, 4) is 0 Å². The fourth-order valence-corrected chi connectivity index (χ4v) is 3.23. The zero-order chi connectivity index (χ0) is 17.3. The number of para-hydroxylation sites is 1. The molecule has 0 unspecified atom stereocenters. The first-order valence-corrected chi connectivity index (χ1v) is 8.29. The van der Waals surface area contributed by atoms with Gasteiger partial charge in [-0.2, -0.15) is 0 Å². The highest BCUT2D eigenvalue weighted by Gasteiger charge is 2.50. The smallest absolute Gasteiger partial charge is 0.331 e. The van der Waals surface area contributed by atoms with E-state index in [9.17, 15) is 9.59 Å². The van der Waals surface area contributed by atoms with Crippen LogP contribution in [0.25, 0.3) is 10.9 Å². The molecule has 1 aliphatic rings. The minimum absolute atomic E-state index is 0.266. The van der Waals surface area contributed by atoms with E-state index in [1.165, 1.54) is 4.90 Å². The highest BCUT2D eigenvalue weighted by atomic mass is 16.6. The van der Waals surface area contributed by atoms with Gasteiger partial charge in [0, 0.05) is 30.1 Å². The van der Waals surface area contributed by atoms with Gasteiger partial charge in [-0.3, -0.25) is 4.90 Å². The molecule has 6 heteroatoms. The molecule has 1 saturated heterocycles. The zero-order valence-electron chi connectivity index (χ0n) is 14.3. The lowest BCUT2D eigenvalue weighted by atomic mass is 10.0. The first-order valence-electron chi connectivity index (χ1n) is 8.29. The van der Waals surface area contributed by atoms with Crippen LogP contribution in [0.4, 0.5) is 4.79 Å². The molecule has 0 spiro atoms. The van der Waals surface area contributed by atoms with Crippen LogP contribution in [-0.4, -0.2) is 40.2 Å². The predicted molar refractivity (Wildman–Crippen MR) is 91.5 cm³/mol. The second-order valence-corrected chi connectivity index (χ2v) is 6.55. The molecule has 0 bridgehead atoms. The van der Waals surface area contributed by atoms with Crippen molar-refractivity contribution in [2.45, 2.75) is 45.4 Å². The molecular formula is C18H23N3O3. The average Bonchev–Trinajstić information content (AvgIpc) is 3.04. The second-order valence-electron chi connectivity index (χ2n) is 6.55. The highest BCUT2D eigenvalue weighted by molar-refractivity contribution is 5.89. The standard InChI is InChI=1S/C18H23N3O3/c1-4-9-19-17(23)21-15(16(22)24-18(21,2)3)10-12-11-20-14-8-6-5-7-13(12)14/h5-8,11,15,20H,4,9-10H2,1-3H3,(H,19,23)/t15-/m1/s1. The molecule has 6 nitrogen and oxygen atoms in total. The molecule has 0 radical (unpaired) electrons. The third-order valence-electron chi connectivity index (χ3n) is 4.35. The van der Waals surface area contributed by atoms with Gasteiger partial charge in [0.05, 0.1) is 0 Å². The number of nitrogens with zero attached hydrogens (tertiary/aromatic N) is 1. The molecule has 2 aromatic rings.